The van der Waals surface area contributed by atoms with Gasteiger partial charge < -0.3 is 16.0 Å². The smallest absolute Gasteiger partial charge is 0.243 e. The van der Waals surface area contributed by atoms with E-state index in [9.17, 15) is 4.79 Å². The number of anilines is 1. The fourth-order valence-electron chi connectivity index (χ4n) is 2.12. The number of aliphatic imine (C=N–C) groups is 1. The van der Waals surface area contributed by atoms with Crippen LogP contribution in [0.2, 0.25) is 0 Å². The van der Waals surface area contributed by atoms with Crippen molar-refractivity contribution in [2.45, 2.75) is 13.5 Å². The molecule has 3 N–H and O–H groups in total. The van der Waals surface area contributed by atoms with E-state index in [1.807, 2.05) is 36.4 Å². The van der Waals surface area contributed by atoms with Gasteiger partial charge in [0.1, 0.15) is 0 Å². The number of hydrogen-bond acceptors (Lipinski definition) is 2. The summed E-state index contributed by atoms with van der Waals surface area (Å²) in [6.07, 6.45) is 0. The molecular formula is C18H23IN4O. The molecule has 0 aliphatic carbocycles. The number of para-hydroxylation sites is 1. The molecule has 0 saturated heterocycles. The van der Waals surface area contributed by atoms with Gasteiger partial charge >= 0.3 is 0 Å². The van der Waals surface area contributed by atoms with Crippen LogP contribution in [-0.2, 0) is 11.3 Å². The molecule has 24 heavy (non-hydrogen) atoms. The average molecular weight is 438 g/mol. The number of nitrogens with one attached hydrogen (secondary N) is 3. The number of benzene rings is 2. The van der Waals surface area contributed by atoms with Crippen LogP contribution >= 0.6 is 24.0 Å². The maximum atomic E-state index is 11.9. The van der Waals surface area contributed by atoms with Gasteiger partial charge in [0.15, 0.2) is 5.96 Å². The zero-order valence-corrected chi connectivity index (χ0v) is 16.2. The van der Waals surface area contributed by atoms with Gasteiger partial charge in [0.25, 0.3) is 0 Å². The van der Waals surface area contributed by atoms with Crippen molar-refractivity contribution in [1.82, 2.24) is 10.6 Å². The van der Waals surface area contributed by atoms with E-state index >= 15 is 0 Å². The molecule has 0 aromatic heterocycles. The van der Waals surface area contributed by atoms with Gasteiger partial charge in [-0.1, -0.05) is 48.0 Å². The summed E-state index contributed by atoms with van der Waals surface area (Å²) < 4.78 is 0. The largest absolute Gasteiger partial charge is 0.352 e. The van der Waals surface area contributed by atoms with Crippen LogP contribution in [0.5, 0.6) is 0 Å². The fraction of sp³-hybridized carbons (Fsp3) is 0.222. The topological polar surface area (TPSA) is 65.5 Å². The third kappa shape index (κ3) is 6.99. The van der Waals surface area contributed by atoms with Gasteiger partial charge in [-0.05, 0) is 24.6 Å². The van der Waals surface area contributed by atoms with Crippen LogP contribution in [-0.4, -0.2) is 25.5 Å². The molecule has 5 nitrogen and oxygen atoms in total. The minimum absolute atomic E-state index is 0. The molecule has 0 heterocycles. The average Bonchev–Trinajstić information content (AvgIpc) is 2.56. The Kier molecular flexibility index (Phi) is 8.85. The molecule has 0 radical (unpaired) electrons. The third-order valence-electron chi connectivity index (χ3n) is 3.24. The van der Waals surface area contributed by atoms with Crippen LogP contribution in [0.4, 0.5) is 5.69 Å². The summed E-state index contributed by atoms with van der Waals surface area (Å²) in [5, 5.41) is 9.01. The number of carbonyl (C=O) groups excluding carboxylic acids is 1. The first-order valence-electron chi connectivity index (χ1n) is 7.52. The van der Waals surface area contributed by atoms with Gasteiger partial charge in [0.05, 0.1) is 6.54 Å². The highest BCUT2D eigenvalue weighted by Crippen LogP contribution is 2.04. The van der Waals surface area contributed by atoms with E-state index in [2.05, 4.69) is 46.1 Å². The van der Waals surface area contributed by atoms with E-state index in [0.29, 0.717) is 12.5 Å². The number of amides is 1. The highest BCUT2D eigenvalue weighted by molar-refractivity contribution is 14.0. The first kappa shape index (κ1) is 20.0. The summed E-state index contributed by atoms with van der Waals surface area (Å²) in [6.45, 7) is 2.87. The predicted molar refractivity (Wildman–Crippen MR) is 110 cm³/mol. The monoisotopic (exact) mass is 438 g/mol. The Bertz CT molecular complexity index is 674. The zero-order valence-electron chi connectivity index (χ0n) is 13.9. The van der Waals surface area contributed by atoms with E-state index in [1.54, 1.807) is 7.05 Å². The summed E-state index contributed by atoms with van der Waals surface area (Å²) in [7, 11) is 1.68. The van der Waals surface area contributed by atoms with Crippen LogP contribution in [0, 0.1) is 6.92 Å². The molecule has 0 saturated carbocycles. The molecule has 0 bridgehead atoms. The molecule has 0 aliphatic rings. The van der Waals surface area contributed by atoms with Crippen LogP contribution in [0.3, 0.4) is 0 Å². The van der Waals surface area contributed by atoms with Crippen LogP contribution in [0.15, 0.2) is 59.6 Å². The Morgan fingerprint density at radius 1 is 1.04 bits per heavy atom. The van der Waals surface area contributed by atoms with E-state index in [4.69, 9.17) is 0 Å². The summed E-state index contributed by atoms with van der Waals surface area (Å²) >= 11 is 0. The molecule has 0 unspecified atom stereocenters. The van der Waals surface area contributed by atoms with Crippen molar-refractivity contribution >= 4 is 41.5 Å². The second kappa shape index (κ2) is 10.6. The highest BCUT2D eigenvalue weighted by Gasteiger charge is 2.04. The van der Waals surface area contributed by atoms with Crippen molar-refractivity contribution in [3.63, 3.8) is 0 Å². The summed E-state index contributed by atoms with van der Waals surface area (Å²) in [5.41, 5.74) is 3.16. The molecule has 0 fully saturated rings. The Balaban J connectivity index is 0.00000288. The Morgan fingerprint density at radius 3 is 2.46 bits per heavy atom. The van der Waals surface area contributed by atoms with Gasteiger partial charge in [0.2, 0.25) is 5.91 Å². The van der Waals surface area contributed by atoms with Gasteiger partial charge in [-0.15, -0.1) is 24.0 Å². The molecule has 0 aliphatic heterocycles. The molecule has 0 atom stereocenters. The van der Waals surface area contributed by atoms with E-state index in [1.165, 1.54) is 11.1 Å². The number of hydrogen-bond donors (Lipinski definition) is 3. The standard InChI is InChI=1S/C18H22N4O.HI/c1-14-7-6-8-15(11-14)12-20-18(19-2)21-13-17(23)22-16-9-4-3-5-10-16;/h3-11H,12-13H2,1-2H3,(H,22,23)(H2,19,20,21);1H. The number of carbonyl (C=O) groups is 1. The lowest BCUT2D eigenvalue weighted by Gasteiger charge is -2.12. The Hall–Kier alpha value is -2.09. The molecule has 2 aromatic carbocycles. The molecule has 128 valence electrons. The lowest BCUT2D eigenvalue weighted by atomic mass is 10.1. The highest BCUT2D eigenvalue weighted by atomic mass is 127. The van der Waals surface area contributed by atoms with Crippen LogP contribution in [0.1, 0.15) is 11.1 Å². The quantitative estimate of drug-likeness (QED) is 0.382. The van der Waals surface area contributed by atoms with Crippen molar-refractivity contribution in [1.29, 1.82) is 0 Å². The lowest BCUT2D eigenvalue weighted by molar-refractivity contribution is -0.115. The normalized spacial score (nSPS) is 10.5. The Morgan fingerprint density at radius 2 is 1.79 bits per heavy atom. The summed E-state index contributed by atoms with van der Waals surface area (Å²) in [6, 6.07) is 17.6. The molecule has 2 rings (SSSR count). The van der Waals surface area contributed by atoms with E-state index in [-0.39, 0.29) is 36.4 Å². The van der Waals surface area contributed by atoms with Crippen molar-refractivity contribution in [2.24, 2.45) is 4.99 Å². The minimum atomic E-state index is -0.116. The maximum Gasteiger partial charge on any atom is 0.243 e. The number of guanidine groups is 1. The van der Waals surface area contributed by atoms with Crippen molar-refractivity contribution in [3.05, 3.63) is 65.7 Å². The zero-order chi connectivity index (χ0) is 16.5. The van der Waals surface area contributed by atoms with Crippen LogP contribution in [0.25, 0.3) is 0 Å². The Labute approximate surface area is 160 Å². The maximum absolute atomic E-state index is 11.9. The molecule has 1 amide bonds. The number of halogens is 1. The van der Waals surface area contributed by atoms with Gasteiger partial charge in [-0.25, -0.2) is 0 Å². The molecular weight excluding hydrogens is 415 g/mol. The summed E-state index contributed by atoms with van der Waals surface area (Å²) in [4.78, 5) is 16.0. The molecule has 2 aromatic rings. The predicted octanol–water partition coefficient (Wildman–Crippen LogP) is 2.92. The second-order valence-electron chi connectivity index (χ2n) is 5.18. The first-order chi connectivity index (χ1) is 11.2. The number of aryl methyl sites for hydroxylation is 1. The molecule has 6 heteroatoms. The van der Waals surface area contributed by atoms with Crippen molar-refractivity contribution in [3.8, 4) is 0 Å². The van der Waals surface area contributed by atoms with Crippen molar-refractivity contribution in [2.75, 3.05) is 18.9 Å². The third-order valence-corrected chi connectivity index (χ3v) is 3.24. The van der Waals surface area contributed by atoms with Crippen LogP contribution < -0.4 is 16.0 Å². The lowest BCUT2D eigenvalue weighted by Crippen LogP contribution is -2.41. The van der Waals surface area contributed by atoms with E-state index in [0.717, 1.165) is 5.69 Å². The minimum Gasteiger partial charge on any atom is -0.352 e. The van der Waals surface area contributed by atoms with Gasteiger partial charge in [-0.3, -0.25) is 9.79 Å². The number of rotatable bonds is 5. The van der Waals surface area contributed by atoms with Crippen molar-refractivity contribution < 1.29 is 4.79 Å². The van der Waals surface area contributed by atoms with Gasteiger partial charge in [0, 0.05) is 19.3 Å². The first-order valence-corrected chi connectivity index (χ1v) is 7.52. The number of nitrogens with zero attached hydrogens (tertiary/aromatic N) is 1. The SMILES string of the molecule is CN=C(NCC(=O)Nc1ccccc1)NCc1cccc(C)c1.I. The molecule has 0 spiro atoms. The van der Waals surface area contributed by atoms with Gasteiger partial charge in [-0.2, -0.15) is 0 Å². The van der Waals surface area contributed by atoms with E-state index < -0.39 is 0 Å². The second-order valence-corrected chi connectivity index (χ2v) is 5.18. The summed E-state index contributed by atoms with van der Waals surface area (Å²) in [5.74, 6) is 0.476. The fourth-order valence-corrected chi connectivity index (χ4v) is 2.12.